The highest BCUT2D eigenvalue weighted by atomic mass is 35.5. The Kier molecular flexibility index (Phi) is 6.01. The van der Waals surface area contributed by atoms with Gasteiger partial charge in [-0.1, -0.05) is 42.8 Å². The summed E-state index contributed by atoms with van der Waals surface area (Å²) < 4.78 is 3.47. The summed E-state index contributed by atoms with van der Waals surface area (Å²) in [6.07, 6.45) is 1.12. The minimum absolute atomic E-state index is 0.0614. The molecule has 27 heavy (non-hydrogen) atoms. The molecule has 142 valence electrons. The zero-order valence-corrected chi connectivity index (χ0v) is 16.4. The van der Waals surface area contributed by atoms with Crippen LogP contribution in [0.4, 0.5) is 0 Å². The molecule has 0 bridgehead atoms. The fourth-order valence-electron chi connectivity index (χ4n) is 3.31. The number of fused-ring (bicyclic) bond motifs is 1. The lowest BCUT2D eigenvalue weighted by Crippen LogP contribution is -2.30. The van der Waals surface area contributed by atoms with Crippen LogP contribution in [0.1, 0.15) is 38.3 Å². The van der Waals surface area contributed by atoms with Gasteiger partial charge in [0.05, 0.1) is 17.1 Å². The van der Waals surface area contributed by atoms with Gasteiger partial charge < -0.3 is 5.32 Å². The van der Waals surface area contributed by atoms with E-state index in [1.807, 2.05) is 56.3 Å². The van der Waals surface area contributed by atoms with E-state index in [-0.39, 0.29) is 24.1 Å². The Bertz CT molecular complexity index is 1010. The summed E-state index contributed by atoms with van der Waals surface area (Å²) in [7, 11) is 0. The van der Waals surface area contributed by atoms with Crippen LogP contribution in [0.3, 0.4) is 0 Å². The number of halogens is 1. The topological polar surface area (TPSA) is 56.0 Å². The molecule has 1 unspecified atom stereocenters. The van der Waals surface area contributed by atoms with Crippen LogP contribution in [-0.2, 0) is 17.9 Å². The molecule has 1 N–H and O–H groups in total. The standard InChI is InChI=1S/C21H24ClN3O2/c1-3-12-24-18-9-4-5-10-19(18)25(21(24)27)13-11-20(26)23-15(2)16-7-6-8-17(22)14-16/h4-10,14-15H,3,11-13H2,1-2H3,(H,23,26). The Morgan fingerprint density at radius 1 is 1.07 bits per heavy atom. The van der Waals surface area contributed by atoms with Crippen LogP contribution in [-0.4, -0.2) is 15.0 Å². The van der Waals surface area contributed by atoms with Crippen molar-refractivity contribution in [1.29, 1.82) is 0 Å². The quantitative estimate of drug-likeness (QED) is 0.664. The highest BCUT2D eigenvalue weighted by molar-refractivity contribution is 6.30. The molecular formula is C21H24ClN3O2. The molecule has 3 rings (SSSR count). The average molecular weight is 386 g/mol. The molecule has 1 amide bonds. The van der Waals surface area contributed by atoms with Gasteiger partial charge in [0.25, 0.3) is 0 Å². The van der Waals surface area contributed by atoms with Crippen LogP contribution >= 0.6 is 11.6 Å². The van der Waals surface area contributed by atoms with E-state index < -0.39 is 0 Å². The molecule has 0 fully saturated rings. The first-order valence-electron chi connectivity index (χ1n) is 9.24. The first kappa shape index (κ1) is 19.2. The molecule has 0 radical (unpaired) electrons. The molecule has 0 aliphatic carbocycles. The number of nitrogens with one attached hydrogen (secondary N) is 1. The molecule has 5 nitrogen and oxygen atoms in total. The fourth-order valence-corrected chi connectivity index (χ4v) is 3.51. The van der Waals surface area contributed by atoms with Crippen molar-refractivity contribution in [2.24, 2.45) is 0 Å². The highest BCUT2D eigenvalue weighted by Gasteiger charge is 2.14. The number of aromatic nitrogens is 2. The van der Waals surface area contributed by atoms with Crippen molar-refractivity contribution in [3.05, 3.63) is 69.6 Å². The number of imidazole rings is 1. The van der Waals surface area contributed by atoms with Crippen LogP contribution < -0.4 is 11.0 Å². The van der Waals surface area contributed by atoms with Gasteiger partial charge in [0, 0.05) is 24.5 Å². The fraction of sp³-hybridized carbons (Fsp3) is 0.333. The summed E-state index contributed by atoms with van der Waals surface area (Å²) in [6.45, 7) is 4.99. The van der Waals surface area contributed by atoms with Gasteiger partial charge in [-0.2, -0.15) is 0 Å². The van der Waals surface area contributed by atoms with E-state index in [2.05, 4.69) is 5.32 Å². The van der Waals surface area contributed by atoms with Gasteiger partial charge in [0.1, 0.15) is 0 Å². The lowest BCUT2D eigenvalue weighted by atomic mass is 10.1. The van der Waals surface area contributed by atoms with Gasteiger partial charge in [0.15, 0.2) is 0 Å². The lowest BCUT2D eigenvalue weighted by molar-refractivity contribution is -0.121. The van der Waals surface area contributed by atoms with E-state index in [0.29, 0.717) is 18.1 Å². The molecule has 1 atom stereocenters. The predicted octanol–water partition coefficient (Wildman–Crippen LogP) is 4.13. The summed E-state index contributed by atoms with van der Waals surface area (Å²) >= 11 is 6.01. The number of para-hydroxylation sites is 2. The summed E-state index contributed by atoms with van der Waals surface area (Å²) in [6, 6.07) is 15.0. The van der Waals surface area contributed by atoms with Crippen LogP contribution in [0.25, 0.3) is 11.0 Å². The zero-order valence-electron chi connectivity index (χ0n) is 15.6. The zero-order chi connectivity index (χ0) is 19.4. The Morgan fingerprint density at radius 3 is 2.37 bits per heavy atom. The average Bonchev–Trinajstić information content (AvgIpc) is 2.92. The molecular weight excluding hydrogens is 362 g/mol. The van der Waals surface area contributed by atoms with Gasteiger partial charge in [-0.25, -0.2) is 4.79 Å². The smallest absolute Gasteiger partial charge is 0.329 e. The van der Waals surface area contributed by atoms with E-state index in [0.717, 1.165) is 23.0 Å². The van der Waals surface area contributed by atoms with Crippen molar-refractivity contribution in [3.63, 3.8) is 0 Å². The Hall–Kier alpha value is -2.53. The number of hydrogen-bond acceptors (Lipinski definition) is 2. The Labute approximate surface area is 163 Å². The normalized spacial score (nSPS) is 12.3. The minimum Gasteiger partial charge on any atom is -0.350 e. The molecule has 3 aromatic rings. The Balaban J connectivity index is 1.72. The van der Waals surface area contributed by atoms with Crippen molar-refractivity contribution in [1.82, 2.24) is 14.5 Å². The molecule has 0 aliphatic rings. The number of amides is 1. The number of carbonyl (C=O) groups is 1. The summed E-state index contributed by atoms with van der Waals surface area (Å²) in [5.74, 6) is -0.0956. The van der Waals surface area contributed by atoms with Crippen LogP contribution in [0.15, 0.2) is 53.3 Å². The first-order valence-corrected chi connectivity index (χ1v) is 9.62. The van der Waals surface area contributed by atoms with Gasteiger partial charge in [-0.15, -0.1) is 0 Å². The SMILES string of the molecule is CCCn1c(=O)n(CCC(=O)NC(C)c2cccc(Cl)c2)c2ccccc21. The minimum atomic E-state index is -0.144. The van der Waals surface area contributed by atoms with Gasteiger partial charge >= 0.3 is 5.69 Å². The lowest BCUT2D eigenvalue weighted by Gasteiger charge is -2.14. The van der Waals surface area contributed by atoms with Crippen molar-refractivity contribution in [2.45, 2.75) is 45.8 Å². The summed E-state index contributed by atoms with van der Waals surface area (Å²) in [4.78, 5) is 25.2. The highest BCUT2D eigenvalue weighted by Crippen LogP contribution is 2.18. The summed E-state index contributed by atoms with van der Waals surface area (Å²) in [5.41, 5.74) is 2.67. The monoisotopic (exact) mass is 385 g/mol. The van der Waals surface area contributed by atoms with E-state index >= 15 is 0 Å². The van der Waals surface area contributed by atoms with Gasteiger partial charge in [-0.3, -0.25) is 13.9 Å². The first-order chi connectivity index (χ1) is 13.0. The van der Waals surface area contributed by atoms with E-state index in [9.17, 15) is 9.59 Å². The Morgan fingerprint density at radius 2 is 1.74 bits per heavy atom. The summed E-state index contributed by atoms with van der Waals surface area (Å²) in [5, 5.41) is 3.62. The van der Waals surface area contributed by atoms with Gasteiger partial charge in [0.2, 0.25) is 5.91 Å². The molecule has 0 saturated carbocycles. The maximum atomic E-state index is 12.8. The molecule has 2 aromatic carbocycles. The van der Waals surface area contributed by atoms with E-state index in [1.165, 1.54) is 0 Å². The number of nitrogens with zero attached hydrogens (tertiary/aromatic N) is 2. The molecule has 1 heterocycles. The molecule has 1 aromatic heterocycles. The van der Waals surface area contributed by atoms with Crippen LogP contribution in [0, 0.1) is 0 Å². The van der Waals surface area contributed by atoms with Crippen LogP contribution in [0.2, 0.25) is 5.02 Å². The third-order valence-electron chi connectivity index (χ3n) is 4.66. The molecule has 0 aliphatic heterocycles. The second-order valence-corrected chi connectivity index (χ2v) is 7.11. The van der Waals surface area contributed by atoms with Gasteiger partial charge in [-0.05, 0) is 43.2 Å². The second-order valence-electron chi connectivity index (χ2n) is 6.67. The predicted molar refractivity (Wildman–Crippen MR) is 109 cm³/mol. The molecule has 6 heteroatoms. The number of benzene rings is 2. The number of rotatable bonds is 7. The molecule has 0 spiro atoms. The van der Waals surface area contributed by atoms with Crippen molar-refractivity contribution in [2.75, 3.05) is 0 Å². The third-order valence-corrected chi connectivity index (χ3v) is 4.90. The second kappa shape index (κ2) is 8.44. The molecule has 0 saturated heterocycles. The van der Waals surface area contributed by atoms with Crippen molar-refractivity contribution >= 4 is 28.5 Å². The van der Waals surface area contributed by atoms with Crippen LogP contribution in [0.5, 0.6) is 0 Å². The number of carbonyl (C=O) groups excluding carboxylic acids is 1. The number of hydrogen-bond donors (Lipinski definition) is 1. The van der Waals surface area contributed by atoms with Crippen molar-refractivity contribution in [3.8, 4) is 0 Å². The van der Waals surface area contributed by atoms with E-state index in [1.54, 1.807) is 15.2 Å². The third kappa shape index (κ3) is 4.25. The largest absolute Gasteiger partial charge is 0.350 e. The van der Waals surface area contributed by atoms with E-state index in [4.69, 9.17) is 11.6 Å². The van der Waals surface area contributed by atoms with Crippen molar-refractivity contribution < 1.29 is 4.79 Å². The number of aryl methyl sites for hydroxylation is 2. The maximum absolute atomic E-state index is 12.8. The maximum Gasteiger partial charge on any atom is 0.329 e.